The summed E-state index contributed by atoms with van der Waals surface area (Å²) in [6.45, 7) is -0.0158. The minimum Gasteiger partial charge on any atom is -0.320 e. The van der Waals surface area contributed by atoms with Crippen molar-refractivity contribution in [1.29, 1.82) is 0 Å². The number of carbonyl (C=O) groups excluding carboxylic acids is 2. The van der Waals surface area contributed by atoms with Crippen molar-refractivity contribution in [2.24, 2.45) is 5.92 Å². The molecule has 0 unspecified atom stereocenters. The maximum Gasteiger partial charge on any atom is 0.435 e. The van der Waals surface area contributed by atoms with Crippen LogP contribution < -0.4 is 10.2 Å². The molecule has 5 nitrogen and oxygen atoms in total. The molecular weight excluding hydrogens is 723 g/mol. The van der Waals surface area contributed by atoms with Crippen molar-refractivity contribution in [1.82, 2.24) is 4.98 Å². The van der Waals surface area contributed by atoms with Crippen molar-refractivity contribution in [3.8, 4) is 0 Å². The summed E-state index contributed by atoms with van der Waals surface area (Å²) in [7, 11) is 0. The summed E-state index contributed by atoms with van der Waals surface area (Å²) < 4.78 is 150. The van der Waals surface area contributed by atoms with Gasteiger partial charge in [-0.05, 0) is 71.1 Å². The zero-order valence-electron chi connectivity index (χ0n) is 21.9. The van der Waals surface area contributed by atoms with Crippen LogP contribution in [0.25, 0.3) is 0 Å². The third kappa shape index (κ3) is 6.88. The van der Waals surface area contributed by atoms with E-state index in [-0.39, 0.29) is 29.2 Å². The molecule has 18 heteroatoms. The lowest BCUT2D eigenvalue weighted by Gasteiger charge is -2.31. The highest BCUT2D eigenvalue weighted by molar-refractivity contribution is 9.10. The van der Waals surface area contributed by atoms with Gasteiger partial charge < -0.3 is 10.2 Å². The Morgan fingerprint density at radius 2 is 1.58 bits per heavy atom. The van der Waals surface area contributed by atoms with Crippen molar-refractivity contribution in [2.75, 3.05) is 16.8 Å². The molecule has 1 aromatic heterocycles. The maximum atomic E-state index is 15.8. The lowest BCUT2D eigenvalue weighted by atomic mass is 9.92. The normalized spacial score (nSPS) is 14.3. The molecule has 2 aromatic carbocycles. The molecule has 0 saturated heterocycles. The number of pyridine rings is 1. The second-order valence-corrected chi connectivity index (χ2v) is 11.1. The van der Waals surface area contributed by atoms with Crippen LogP contribution >= 0.6 is 27.5 Å². The number of hydrogen-bond acceptors (Lipinski definition) is 3. The first kappa shape index (κ1) is 34.4. The number of hydrogen-bond donors (Lipinski definition) is 1. The lowest BCUT2D eigenvalue weighted by molar-refractivity contribution is -0.348. The molecule has 1 aliphatic carbocycles. The number of aromatic nitrogens is 1. The number of halogens is 13. The van der Waals surface area contributed by atoms with Gasteiger partial charge in [0.25, 0.3) is 11.8 Å². The van der Waals surface area contributed by atoms with Gasteiger partial charge in [-0.25, -0.2) is 13.8 Å². The molecule has 0 aliphatic heterocycles. The van der Waals surface area contributed by atoms with Gasteiger partial charge in [-0.15, -0.1) is 0 Å². The molecule has 1 fully saturated rings. The van der Waals surface area contributed by atoms with E-state index in [9.17, 15) is 53.5 Å². The van der Waals surface area contributed by atoms with Gasteiger partial charge in [-0.1, -0.05) is 17.7 Å². The molecule has 242 valence electrons. The van der Waals surface area contributed by atoms with Crippen LogP contribution in [0.4, 0.5) is 59.7 Å². The Bertz CT molecular complexity index is 1610. The summed E-state index contributed by atoms with van der Waals surface area (Å²) in [5.74, 6) is -3.81. The molecule has 1 heterocycles. The molecule has 0 bridgehead atoms. The van der Waals surface area contributed by atoms with E-state index >= 15 is 4.39 Å². The van der Waals surface area contributed by atoms with Gasteiger partial charge >= 0.3 is 24.2 Å². The Kier molecular flexibility index (Phi) is 9.20. The number of alkyl halides is 10. The zero-order valence-corrected chi connectivity index (χ0v) is 24.3. The van der Waals surface area contributed by atoms with E-state index in [0.717, 1.165) is 29.3 Å². The number of nitrogens with zero attached hydrogens (tertiary/aromatic N) is 2. The van der Waals surface area contributed by atoms with Gasteiger partial charge in [-0.3, -0.25) is 9.59 Å². The Hall–Kier alpha value is -3.47. The van der Waals surface area contributed by atoms with Crippen molar-refractivity contribution in [3.05, 3.63) is 86.4 Å². The third-order valence-electron chi connectivity index (χ3n) is 6.68. The van der Waals surface area contributed by atoms with Gasteiger partial charge in [0.05, 0.1) is 28.1 Å². The summed E-state index contributed by atoms with van der Waals surface area (Å²) in [5.41, 5.74) is -13.8. The molecule has 2 amide bonds. The van der Waals surface area contributed by atoms with E-state index < -0.39 is 80.4 Å². The van der Waals surface area contributed by atoms with E-state index in [1.165, 1.54) is 12.1 Å². The molecule has 1 aliphatic rings. The minimum atomic E-state index is -6.73. The monoisotopic (exact) mass is 737 g/mol. The largest absolute Gasteiger partial charge is 0.435 e. The van der Waals surface area contributed by atoms with Gasteiger partial charge in [0, 0.05) is 22.8 Å². The standard InChI is InChI=1S/C27H16BrClF11N3O2/c28-17-9-14(24(31,26(35,36)37)27(38,39)40)8-16(25(32,33)34)21(17)42-22(44)15-2-1-3-18(20(15)30)43(11-12-4-5-12)23(45)13-6-7-19(29)41-10-13/h1-3,6-10,12H,4-5,11H2,(H,42,44). The number of benzene rings is 2. The quantitative estimate of drug-likeness (QED) is 0.194. The fourth-order valence-electron chi connectivity index (χ4n) is 4.24. The predicted molar refractivity (Wildman–Crippen MR) is 142 cm³/mol. The molecule has 0 radical (unpaired) electrons. The highest BCUT2D eigenvalue weighted by Gasteiger charge is 2.73. The van der Waals surface area contributed by atoms with E-state index in [1.807, 2.05) is 0 Å². The minimum absolute atomic E-state index is 0.0158. The van der Waals surface area contributed by atoms with Crippen LogP contribution in [0.1, 0.15) is 44.7 Å². The van der Waals surface area contributed by atoms with Crippen molar-refractivity contribution < 1.29 is 57.9 Å². The Morgan fingerprint density at radius 1 is 0.956 bits per heavy atom. The van der Waals surface area contributed by atoms with E-state index in [1.54, 1.807) is 5.32 Å². The molecule has 0 spiro atoms. The first-order valence-electron chi connectivity index (χ1n) is 12.4. The van der Waals surface area contributed by atoms with E-state index in [0.29, 0.717) is 12.8 Å². The average molecular weight is 739 g/mol. The van der Waals surface area contributed by atoms with E-state index in [4.69, 9.17) is 11.6 Å². The van der Waals surface area contributed by atoms with Crippen LogP contribution in [0.2, 0.25) is 5.15 Å². The lowest BCUT2D eigenvalue weighted by Crippen LogP contribution is -2.50. The van der Waals surface area contributed by atoms with Crippen molar-refractivity contribution >= 4 is 50.7 Å². The molecule has 3 aromatic rings. The van der Waals surface area contributed by atoms with Crippen LogP contribution in [0, 0.1) is 11.7 Å². The zero-order chi connectivity index (χ0) is 33.7. The summed E-state index contributed by atoms with van der Waals surface area (Å²) in [4.78, 5) is 31.1. The fourth-order valence-corrected chi connectivity index (χ4v) is 4.91. The third-order valence-corrected chi connectivity index (χ3v) is 7.53. The first-order chi connectivity index (χ1) is 20.7. The summed E-state index contributed by atoms with van der Waals surface area (Å²) in [5, 5.41) is 1.68. The number of anilines is 2. The van der Waals surface area contributed by atoms with Gasteiger partial charge in [0.2, 0.25) is 0 Å². The maximum absolute atomic E-state index is 15.8. The number of carbonyl (C=O) groups is 2. The van der Waals surface area contributed by atoms with Gasteiger partial charge in [0.1, 0.15) is 5.15 Å². The van der Waals surface area contributed by atoms with Gasteiger partial charge in [-0.2, -0.15) is 39.5 Å². The molecule has 0 atom stereocenters. The highest BCUT2D eigenvalue weighted by Crippen LogP contribution is 2.55. The predicted octanol–water partition coefficient (Wildman–Crippen LogP) is 9.25. The Labute approximate surface area is 259 Å². The van der Waals surface area contributed by atoms with Crippen LogP contribution in [0.3, 0.4) is 0 Å². The smallest absolute Gasteiger partial charge is 0.320 e. The topological polar surface area (TPSA) is 62.3 Å². The number of rotatable bonds is 7. The van der Waals surface area contributed by atoms with Crippen LogP contribution in [0.15, 0.2) is 53.1 Å². The first-order valence-corrected chi connectivity index (χ1v) is 13.6. The van der Waals surface area contributed by atoms with Crippen LogP contribution in [-0.4, -0.2) is 35.7 Å². The molecule has 45 heavy (non-hydrogen) atoms. The summed E-state index contributed by atoms with van der Waals surface area (Å²) >= 11 is 8.12. The Morgan fingerprint density at radius 3 is 2.09 bits per heavy atom. The van der Waals surface area contributed by atoms with Crippen molar-refractivity contribution in [3.63, 3.8) is 0 Å². The summed E-state index contributed by atoms with van der Waals surface area (Å²) in [6, 6.07) is 4.63. The average Bonchev–Trinajstić information content (AvgIpc) is 3.75. The second kappa shape index (κ2) is 12.0. The number of nitrogens with one attached hydrogen (secondary N) is 1. The second-order valence-electron chi connectivity index (χ2n) is 9.85. The summed E-state index contributed by atoms with van der Waals surface area (Å²) in [6.07, 6.45) is -16.7. The fraction of sp³-hybridized carbons (Fsp3) is 0.296. The van der Waals surface area contributed by atoms with Crippen LogP contribution in [-0.2, 0) is 11.8 Å². The molecule has 1 saturated carbocycles. The highest BCUT2D eigenvalue weighted by atomic mass is 79.9. The molecule has 1 N–H and O–H groups in total. The van der Waals surface area contributed by atoms with Crippen molar-refractivity contribution in [2.45, 2.75) is 37.0 Å². The molecular formula is C27H16BrClF11N3O2. The van der Waals surface area contributed by atoms with E-state index in [2.05, 4.69) is 20.9 Å². The van der Waals surface area contributed by atoms with Crippen LogP contribution in [0.5, 0.6) is 0 Å². The number of amides is 2. The molecule has 4 rings (SSSR count). The Balaban J connectivity index is 1.76. The SMILES string of the molecule is O=C(Nc1c(Br)cc(C(F)(C(F)(F)F)C(F)(F)F)cc1C(F)(F)F)c1cccc(N(CC2CC2)C(=O)c2ccc(Cl)nc2)c1F. The van der Waals surface area contributed by atoms with Gasteiger partial charge in [0.15, 0.2) is 5.82 Å².